The summed E-state index contributed by atoms with van der Waals surface area (Å²) in [5.74, 6) is -2.54. The first-order valence-corrected chi connectivity index (χ1v) is 14.0. The number of anilines is 1. The van der Waals surface area contributed by atoms with Crippen molar-refractivity contribution < 1.29 is 24.2 Å². The van der Waals surface area contributed by atoms with E-state index in [2.05, 4.69) is 0 Å². The van der Waals surface area contributed by atoms with E-state index in [0.717, 1.165) is 11.3 Å². The highest BCUT2D eigenvalue weighted by atomic mass is 16.5. The zero-order chi connectivity index (χ0) is 28.1. The fourth-order valence-corrected chi connectivity index (χ4v) is 7.10. The van der Waals surface area contributed by atoms with Gasteiger partial charge in [0.15, 0.2) is 0 Å². The number of aliphatic hydroxyl groups excluding tert-OH is 1. The largest absolute Gasteiger partial charge is 0.394 e. The van der Waals surface area contributed by atoms with Gasteiger partial charge in [0, 0.05) is 25.3 Å². The van der Waals surface area contributed by atoms with Crippen molar-refractivity contribution in [3.05, 3.63) is 90.5 Å². The molecule has 0 saturated carbocycles. The van der Waals surface area contributed by atoms with Crippen LogP contribution in [-0.4, -0.2) is 75.6 Å². The number of likely N-dealkylation sites (tertiary alicyclic amines) is 1. The van der Waals surface area contributed by atoms with Crippen molar-refractivity contribution in [2.75, 3.05) is 24.6 Å². The quantitative estimate of drug-likeness (QED) is 0.568. The van der Waals surface area contributed by atoms with E-state index in [1.165, 1.54) is 4.90 Å². The second-order valence-electron chi connectivity index (χ2n) is 11.3. The van der Waals surface area contributed by atoms with Gasteiger partial charge in [-0.25, -0.2) is 0 Å². The number of rotatable bonds is 6. The van der Waals surface area contributed by atoms with Crippen LogP contribution >= 0.6 is 0 Å². The summed E-state index contributed by atoms with van der Waals surface area (Å²) in [6, 6.07) is 17.5. The Bertz CT molecular complexity index is 1360. The van der Waals surface area contributed by atoms with Gasteiger partial charge in [0.25, 0.3) is 0 Å². The van der Waals surface area contributed by atoms with Crippen molar-refractivity contribution in [3.63, 3.8) is 0 Å². The molecule has 1 N–H and O–H groups in total. The average Bonchev–Trinajstić information content (AvgIpc) is 3.24. The number of carbonyl (C=O) groups is 3. The summed E-state index contributed by atoms with van der Waals surface area (Å²) in [6.45, 7) is 4.52. The summed E-state index contributed by atoms with van der Waals surface area (Å²) >= 11 is 0. The lowest BCUT2D eigenvalue weighted by molar-refractivity contribution is -0.154. The Hall–Kier alpha value is -3.75. The maximum absolute atomic E-state index is 14.5. The molecule has 0 aromatic heterocycles. The van der Waals surface area contributed by atoms with Gasteiger partial charge in [0.2, 0.25) is 17.7 Å². The fourth-order valence-electron chi connectivity index (χ4n) is 7.10. The lowest BCUT2D eigenvalue weighted by Gasteiger charge is -2.40. The Morgan fingerprint density at radius 3 is 2.25 bits per heavy atom. The molecule has 4 aliphatic heterocycles. The van der Waals surface area contributed by atoms with Crippen molar-refractivity contribution in [1.82, 2.24) is 9.80 Å². The summed E-state index contributed by atoms with van der Waals surface area (Å²) in [6.07, 6.45) is 7.99. The first-order valence-electron chi connectivity index (χ1n) is 14.0. The number of benzene rings is 2. The van der Waals surface area contributed by atoms with Gasteiger partial charge in [-0.3, -0.25) is 14.4 Å². The first kappa shape index (κ1) is 26.5. The second kappa shape index (κ2) is 10.0. The fraction of sp³-hybridized carbons (Fsp3) is 0.406. The molecule has 2 fully saturated rings. The SMILES string of the molecule is CC[C@@H](CO)N1C(=O)[C@@H]2[C@@H]3C(=O)N(c4ccccc4)CC=C[C@]3(C)O[C@@]23C=CCN(Cc2ccccc2)C(=O)C13. The van der Waals surface area contributed by atoms with Crippen LogP contribution < -0.4 is 4.90 Å². The van der Waals surface area contributed by atoms with Crippen LogP contribution in [0.5, 0.6) is 0 Å². The van der Waals surface area contributed by atoms with Crippen LogP contribution in [0.15, 0.2) is 85.0 Å². The topological polar surface area (TPSA) is 90.4 Å². The third-order valence-electron chi connectivity index (χ3n) is 8.94. The van der Waals surface area contributed by atoms with E-state index in [0.29, 0.717) is 26.1 Å². The number of amides is 3. The normalized spacial score (nSPS) is 32.0. The lowest BCUT2D eigenvalue weighted by atomic mass is 9.74. The number of nitrogens with zero attached hydrogens (tertiary/aromatic N) is 3. The minimum absolute atomic E-state index is 0.210. The zero-order valence-corrected chi connectivity index (χ0v) is 22.8. The van der Waals surface area contributed by atoms with Gasteiger partial charge in [-0.15, -0.1) is 0 Å². The molecule has 4 heterocycles. The van der Waals surface area contributed by atoms with Gasteiger partial charge in [0.05, 0.1) is 30.1 Å². The molecule has 208 valence electrons. The van der Waals surface area contributed by atoms with Crippen molar-refractivity contribution in [1.29, 1.82) is 0 Å². The third-order valence-corrected chi connectivity index (χ3v) is 8.94. The number of aliphatic hydroxyl groups is 1. The summed E-state index contributed by atoms with van der Waals surface area (Å²) in [5, 5.41) is 10.3. The maximum Gasteiger partial charge on any atom is 0.249 e. The molecule has 1 spiro atoms. The zero-order valence-electron chi connectivity index (χ0n) is 22.8. The van der Waals surface area contributed by atoms with Crippen LogP contribution in [0, 0.1) is 11.8 Å². The van der Waals surface area contributed by atoms with E-state index in [1.54, 1.807) is 9.80 Å². The highest BCUT2D eigenvalue weighted by molar-refractivity contribution is 6.04. The van der Waals surface area contributed by atoms with Crippen LogP contribution in [0.1, 0.15) is 25.8 Å². The van der Waals surface area contributed by atoms with E-state index in [9.17, 15) is 19.5 Å². The van der Waals surface area contributed by atoms with Gasteiger partial charge in [0.1, 0.15) is 11.6 Å². The molecule has 1 unspecified atom stereocenters. The van der Waals surface area contributed by atoms with Crippen molar-refractivity contribution >= 4 is 23.4 Å². The second-order valence-corrected chi connectivity index (χ2v) is 11.3. The Labute approximate surface area is 234 Å². The maximum atomic E-state index is 14.5. The van der Waals surface area contributed by atoms with E-state index in [1.807, 2.05) is 98.8 Å². The molecule has 8 nitrogen and oxygen atoms in total. The van der Waals surface area contributed by atoms with Crippen LogP contribution in [0.3, 0.4) is 0 Å². The van der Waals surface area contributed by atoms with E-state index in [-0.39, 0.29) is 24.3 Å². The van der Waals surface area contributed by atoms with Gasteiger partial charge < -0.3 is 24.5 Å². The molecule has 2 aromatic carbocycles. The predicted molar refractivity (Wildman–Crippen MR) is 150 cm³/mol. The van der Waals surface area contributed by atoms with Gasteiger partial charge in [-0.2, -0.15) is 0 Å². The number of ether oxygens (including phenoxy) is 1. The van der Waals surface area contributed by atoms with Crippen LogP contribution in [0.25, 0.3) is 0 Å². The van der Waals surface area contributed by atoms with E-state index >= 15 is 0 Å². The Kier molecular flexibility index (Phi) is 6.63. The number of hydrogen-bond donors (Lipinski definition) is 1. The molecule has 3 amide bonds. The highest BCUT2D eigenvalue weighted by Crippen LogP contribution is 2.58. The number of carbonyl (C=O) groups excluding carboxylic acids is 3. The summed E-state index contributed by atoms with van der Waals surface area (Å²) in [7, 11) is 0. The smallest absolute Gasteiger partial charge is 0.249 e. The highest BCUT2D eigenvalue weighted by Gasteiger charge is 2.75. The van der Waals surface area contributed by atoms with Crippen LogP contribution in [0.4, 0.5) is 5.69 Å². The molecule has 6 atom stereocenters. The molecule has 0 radical (unpaired) electrons. The molecule has 4 aliphatic rings. The van der Waals surface area contributed by atoms with Gasteiger partial charge in [-0.1, -0.05) is 79.8 Å². The number of fused-ring (bicyclic) bond motifs is 2. The molecule has 2 aromatic rings. The number of hydrogen-bond acceptors (Lipinski definition) is 5. The molecule has 0 bridgehead atoms. The molecular formula is C32H35N3O5. The van der Waals surface area contributed by atoms with Gasteiger partial charge in [-0.05, 0) is 31.0 Å². The summed E-state index contributed by atoms with van der Waals surface area (Å²) < 4.78 is 6.88. The molecule has 40 heavy (non-hydrogen) atoms. The molecule has 6 rings (SSSR count). The van der Waals surface area contributed by atoms with Crippen molar-refractivity contribution in [3.8, 4) is 0 Å². The van der Waals surface area contributed by atoms with Crippen LogP contribution in [0.2, 0.25) is 0 Å². The number of para-hydroxylation sites is 1. The predicted octanol–water partition coefficient (Wildman–Crippen LogP) is 2.93. The summed E-state index contributed by atoms with van der Waals surface area (Å²) in [4.78, 5) is 48.2. The first-order chi connectivity index (χ1) is 19.3. The minimum Gasteiger partial charge on any atom is -0.394 e. The molecular weight excluding hydrogens is 506 g/mol. The Morgan fingerprint density at radius 2 is 1.57 bits per heavy atom. The summed E-state index contributed by atoms with van der Waals surface area (Å²) in [5.41, 5.74) is -0.723. The van der Waals surface area contributed by atoms with Crippen molar-refractivity contribution in [2.24, 2.45) is 11.8 Å². The van der Waals surface area contributed by atoms with Gasteiger partial charge >= 0.3 is 0 Å². The van der Waals surface area contributed by atoms with E-state index in [4.69, 9.17) is 4.74 Å². The monoisotopic (exact) mass is 541 g/mol. The van der Waals surface area contributed by atoms with Crippen molar-refractivity contribution in [2.45, 2.75) is 50.1 Å². The standard InChI is InChI=1S/C32H35N3O5/c1-3-23(21-36)35-27-30(39)33(20-22-12-6-4-7-13-22)18-11-17-32(27)26(29(35)38)25-28(37)34(24-14-8-5-9-15-24)19-10-16-31(25,2)40-32/h4-17,23,25-27,36H,3,18-21H2,1-2H3/t23-,25+,26-,27?,31-,32-/m0/s1. The average molecular weight is 542 g/mol. The Balaban J connectivity index is 1.46. The van der Waals surface area contributed by atoms with Crippen LogP contribution in [-0.2, 0) is 25.7 Å². The lowest BCUT2D eigenvalue weighted by Crippen LogP contribution is -2.58. The molecule has 0 aliphatic carbocycles. The minimum atomic E-state index is -1.35. The third kappa shape index (κ3) is 3.92. The molecule has 2 saturated heterocycles. The molecule has 8 heteroatoms. The van der Waals surface area contributed by atoms with E-state index < -0.39 is 35.1 Å². The Morgan fingerprint density at radius 1 is 0.900 bits per heavy atom.